The topological polar surface area (TPSA) is 71.8 Å². The second kappa shape index (κ2) is 9.91. The number of aryl methyl sites for hydroxylation is 2. The summed E-state index contributed by atoms with van der Waals surface area (Å²) in [5, 5.41) is 7.95. The summed E-state index contributed by atoms with van der Waals surface area (Å²) in [6.07, 6.45) is 3.35. The van der Waals surface area contributed by atoms with Crippen LogP contribution in [-0.4, -0.2) is 45.1 Å². The maximum absolute atomic E-state index is 12.2. The highest BCUT2D eigenvalue weighted by Gasteiger charge is 2.29. The molecule has 33 heavy (non-hydrogen) atoms. The monoisotopic (exact) mass is 449 g/mol. The molecule has 3 aromatic rings. The number of nitrogens with zero attached hydrogens (tertiary/aromatic N) is 4. The molecule has 4 rings (SSSR count). The summed E-state index contributed by atoms with van der Waals surface area (Å²) in [6, 6.07) is 10.8. The van der Waals surface area contributed by atoms with Gasteiger partial charge in [0.25, 0.3) is 0 Å². The van der Waals surface area contributed by atoms with E-state index in [1.807, 2.05) is 37.4 Å². The lowest BCUT2D eigenvalue weighted by molar-refractivity contribution is -0.121. The van der Waals surface area contributed by atoms with Gasteiger partial charge in [-0.05, 0) is 65.1 Å². The van der Waals surface area contributed by atoms with Gasteiger partial charge >= 0.3 is 0 Å². The van der Waals surface area contributed by atoms with Crippen LogP contribution in [0.1, 0.15) is 67.4 Å². The molecule has 1 aromatic carbocycles. The van der Waals surface area contributed by atoms with E-state index in [-0.39, 0.29) is 18.0 Å². The number of aromatic nitrogens is 3. The molecular formula is C26H35N5O2. The van der Waals surface area contributed by atoms with E-state index in [2.05, 4.69) is 35.3 Å². The van der Waals surface area contributed by atoms with Crippen LogP contribution >= 0.6 is 0 Å². The predicted octanol–water partition coefficient (Wildman–Crippen LogP) is 4.15. The summed E-state index contributed by atoms with van der Waals surface area (Å²) in [6.45, 7) is 9.94. The molecule has 0 bridgehead atoms. The van der Waals surface area contributed by atoms with E-state index in [0.717, 1.165) is 60.0 Å². The van der Waals surface area contributed by atoms with Gasteiger partial charge in [-0.2, -0.15) is 5.10 Å². The number of ether oxygens (including phenoxy) is 1. The minimum Gasteiger partial charge on any atom is -0.496 e. The molecule has 2 aromatic heterocycles. The molecule has 0 unspecified atom stereocenters. The van der Waals surface area contributed by atoms with Crippen molar-refractivity contribution in [2.45, 2.75) is 72.0 Å². The Morgan fingerprint density at radius 2 is 2.06 bits per heavy atom. The molecule has 0 saturated carbocycles. The number of amides is 1. The quantitative estimate of drug-likeness (QED) is 0.559. The Labute approximate surface area is 196 Å². The predicted molar refractivity (Wildman–Crippen MR) is 129 cm³/mol. The zero-order valence-corrected chi connectivity index (χ0v) is 20.4. The Balaban J connectivity index is 1.57. The minimum atomic E-state index is 0.0722. The van der Waals surface area contributed by atoms with Crippen molar-refractivity contribution < 1.29 is 9.53 Å². The van der Waals surface area contributed by atoms with Crippen LogP contribution < -0.4 is 10.1 Å². The molecule has 1 saturated heterocycles. The van der Waals surface area contributed by atoms with Crippen LogP contribution in [-0.2, 0) is 17.8 Å². The zero-order valence-electron chi connectivity index (χ0n) is 20.4. The average Bonchev–Trinajstić information content (AvgIpc) is 3.40. The number of fused-ring (bicyclic) bond motifs is 1. The van der Waals surface area contributed by atoms with Crippen molar-refractivity contribution in [3.05, 3.63) is 58.5 Å². The Morgan fingerprint density at radius 1 is 1.27 bits per heavy atom. The summed E-state index contributed by atoms with van der Waals surface area (Å²) >= 11 is 0. The maximum atomic E-state index is 12.2. The van der Waals surface area contributed by atoms with Crippen molar-refractivity contribution in [2.75, 3.05) is 13.7 Å². The molecule has 1 N–H and O–H groups in total. The van der Waals surface area contributed by atoms with Gasteiger partial charge in [0.2, 0.25) is 5.91 Å². The van der Waals surface area contributed by atoms with Crippen molar-refractivity contribution in [3.63, 3.8) is 0 Å². The second-order valence-electron chi connectivity index (χ2n) is 9.26. The fourth-order valence-electron chi connectivity index (χ4n) is 4.90. The maximum Gasteiger partial charge on any atom is 0.220 e. The molecule has 176 valence electrons. The van der Waals surface area contributed by atoms with Gasteiger partial charge in [0.15, 0.2) is 5.65 Å². The first kappa shape index (κ1) is 23.2. The lowest BCUT2D eigenvalue weighted by Crippen LogP contribution is -2.30. The van der Waals surface area contributed by atoms with Gasteiger partial charge in [-0.15, -0.1) is 0 Å². The molecule has 3 heterocycles. The van der Waals surface area contributed by atoms with Gasteiger partial charge in [0.1, 0.15) is 5.75 Å². The molecule has 7 heteroatoms. The second-order valence-corrected chi connectivity index (χ2v) is 9.26. The normalized spacial score (nSPS) is 16.6. The number of likely N-dealkylation sites (tertiary alicyclic amines) is 1. The average molecular weight is 450 g/mol. The Hall–Kier alpha value is -2.93. The van der Waals surface area contributed by atoms with Crippen LogP contribution in [0.3, 0.4) is 0 Å². The number of rotatable bonds is 8. The Bertz CT molecular complexity index is 1140. The summed E-state index contributed by atoms with van der Waals surface area (Å²) < 4.78 is 7.52. The molecule has 1 fully saturated rings. The smallest absolute Gasteiger partial charge is 0.220 e. The highest BCUT2D eigenvalue weighted by molar-refractivity contribution is 5.76. The fourth-order valence-corrected chi connectivity index (χ4v) is 4.90. The number of methoxy groups -OCH3 is 1. The van der Waals surface area contributed by atoms with Crippen molar-refractivity contribution in [2.24, 2.45) is 0 Å². The standard InChI is InChI=1S/C26H35N5O2/c1-17(2)27-26(32)13-12-21-18(3)28-25-15-22(29-31(25)19(21)4)23-10-8-14-30(23)16-20-9-6-7-11-24(20)33-5/h6-7,9,11,15,17,23H,8,10,12-14,16H2,1-5H3,(H,27,32)/t23-/m1/s1. The molecule has 7 nitrogen and oxygen atoms in total. The first-order chi connectivity index (χ1) is 15.9. The number of carbonyl (C=O) groups excluding carboxylic acids is 1. The fraction of sp³-hybridized carbons (Fsp3) is 0.500. The van der Waals surface area contributed by atoms with Gasteiger partial charge < -0.3 is 10.1 Å². The van der Waals surface area contributed by atoms with Crippen LogP contribution in [0.2, 0.25) is 0 Å². The summed E-state index contributed by atoms with van der Waals surface area (Å²) in [5.74, 6) is 1.00. The Morgan fingerprint density at radius 3 is 2.82 bits per heavy atom. The molecule has 1 aliphatic heterocycles. The van der Waals surface area contributed by atoms with Gasteiger partial charge in [-0.3, -0.25) is 9.69 Å². The van der Waals surface area contributed by atoms with E-state index in [0.29, 0.717) is 12.8 Å². The largest absolute Gasteiger partial charge is 0.496 e. The van der Waals surface area contributed by atoms with E-state index in [9.17, 15) is 4.79 Å². The van der Waals surface area contributed by atoms with Crippen molar-refractivity contribution >= 4 is 11.6 Å². The number of hydrogen-bond donors (Lipinski definition) is 1. The molecule has 0 radical (unpaired) electrons. The van der Waals surface area contributed by atoms with Crippen LogP contribution in [0.25, 0.3) is 5.65 Å². The lowest BCUT2D eigenvalue weighted by Gasteiger charge is -2.23. The molecule has 0 aliphatic carbocycles. The van der Waals surface area contributed by atoms with Crippen molar-refractivity contribution in [3.8, 4) is 5.75 Å². The van der Waals surface area contributed by atoms with Gasteiger partial charge in [-0.1, -0.05) is 18.2 Å². The number of para-hydroxylation sites is 1. The third kappa shape index (κ3) is 5.03. The number of benzene rings is 1. The Kier molecular flexibility index (Phi) is 6.98. The highest BCUT2D eigenvalue weighted by Crippen LogP contribution is 2.34. The third-order valence-corrected chi connectivity index (χ3v) is 6.51. The van der Waals surface area contributed by atoms with Crippen LogP contribution in [0.4, 0.5) is 0 Å². The van der Waals surface area contributed by atoms with Crippen LogP contribution in [0.15, 0.2) is 30.3 Å². The van der Waals surface area contributed by atoms with E-state index < -0.39 is 0 Å². The molecule has 1 aliphatic rings. The van der Waals surface area contributed by atoms with E-state index >= 15 is 0 Å². The molecule has 1 amide bonds. The summed E-state index contributed by atoms with van der Waals surface area (Å²) in [5.41, 5.74) is 6.28. The van der Waals surface area contributed by atoms with Crippen molar-refractivity contribution in [1.82, 2.24) is 24.8 Å². The third-order valence-electron chi connectivity index (χ3n) is 6.51. The van der Waals surface area contributed by atoms with E-state index in [4.69, 9.17) is 14.8 Å². The lowest BCUT2D eigenvalue weighted by atomic mass is 10.1. The highest BCUT2D eigenvalue weighted by atomic mass is 16.5. The first-order valence-corrected chi connectivity index (χ1v) is 11.9. The van der Waals surface area contributed by atoms with Gasteiger partial charge in [0.05, 0.1) is 18.8 Å². The summed E-state index contributed by atoms with van der Waals surface area (Å²) in [4.78, 5) is 19.5. The first-order valence-electron chi connectivity index (χ1n) is 11.9. The number of nitrogens with one attached hydrogen (secondary N) is 1. The molecule has 1 atom stereocenters. The van der Waals surface area contributed by atoms with Crippen LogP contribution in [0, 0.1) is 13.8 Å². The van der Waals surface area contributed by atoms with Gasteiger partial charge in [-0.25, -0.2) is 9.50 Å². The van der Waals surface area contributed by atoms with E-state index in [1.165, 1.54) is 5.56 Å². The SMILES string of the molecule is COc1ccccc1CN1CCC[C@@H]1c1cc2nc(C)c(CCC(=O)NC(C)C)c(C)n2n1. The minimum absolute atomic E-state index is 0.0722. The molecular weight excluding hydrogens is 414 g/mol. The zero-order chi connectivity index (χ0) is 23.5. The van der Waals surface area contributed by atoms with Crippen molar-refractivity contribution in [1.29, 1.82) is 0 Å². The number of hydrogen-bond acceptors (Lipinski definition) is 5. The van der Waals surface area contributed by atoms with Gasteiger partial charge in [0, 0.05) is 42.0 Å². The van der Waals surface area contributed by atoms with E-state index in [1.54, 1.807) is 7.11 Å². The molecule has 0 spiro atoms. The van der Waals surface area contributed by atoms with Crippen LogP contribution in [0.5, 0.6) is 5.75 Å². The number of carbonyl (C=O) groups is 1. The summed E-state index contributed by atoms with van der Waals surface area (Å²) in [7, 11) is 1.73.